The highest BCUT2D eigenvalue weighted by Gasteiger charge is 2.35. The van der Waals surface area contributed by atoms with E-state index in [2.05, 4.69) is 9.97 Å². The quantitative estimate of drug-likeness (QED) is 0.568. The van der Waals surface area contributed by atoms with Gasteiger partial charge < -0.3 is 19.6 Å². The standard InChI is InChI=1S/C27H29FN4O4/c1-17-14-32(18(2)16-33)27(35)23-12-21(19-4-6-22(28)7-5-19)13-30-25(23)36-24(17)15-31(3)26(34)20-8-10-29-11-9-20/h4-13,17-18,24,33H,14-16H2,1-3H3/t17-,18+,24+/m1/s1. The second-order valence-corrected chi connectivity index (χ2v) is 9.13. The predicted octanol–water partition coefficient (Wildman–Crippen LogP) is 3.28. The highest BCUT2D eigenvalue weighted by atomic mass is 19.1. The zero-order valence-corrected chi connectivity index (χ0v) is 20.5. The summed E-state index contributed by atoms with van der Waals surface area (Å²) in [5.41, 5.74) is 2.10. The molecule has 8 nitrogen and oxygen atoms in total. The van der Waals surface area contributed by atoms with Gasteiger partial charge in [0.05, 0.1) is 19.2 Å². The normalized spacial score (nSPS) is 18.5. The Hall–Kier alpha value is -3.85. The van der Waals surface area contributed by atoms with Crippen molar-refractivity contribution in [1.29, 1.82) is 0 Å². The second kappa shape index (κ2) is 10.8. The minimum Gasteiger partial charge on any atom is -0.472 e. The third-order valence-electron chi connectivity index (χ3n) is 6.43. The first-order chi connectivity index (χ1) is 17.3. The van der Waals surface area contributed by atoms with Crippen LogP contribution in [0.5, 0.6) is 5.88 Å². The van der Waals surface area contributed by atoms with Crippen LogP contribution in [0.1, 0.15) is 34.6 Å². The van der Waals surface area contributed by atoms with Crippen LogP contribution in [0, 0.1) is 11.7 Å². The number of benzene rings is 1. The zero-order valence-electron chi connectivity index (χ0n) is 20.5. The van der Waals surface area contributed by atoms with Crippen molar-refractivity contribution in [2.75, 3.05) is 26.7 Å². The van der Waals surface area contributed by atoms with Crippen LogP contribution in [0.4, 0.5) is 4.39 Å². The number of fused-ring (bicyclic) bond motifs is 1. The third kappa shape index (κ3) is 5.36. The van der Waals surface area contributed by atoms with Gasteiger partial charge in [-0.05, 0) is 42.8 Å². The van der Waals surface area contributed by atoms with Crippen LogP contribution in [0.15, 0.2) is 61.1 Å². The Morgan fingerprint density at radius 3 is 2.58 bits per heavy atom. The molecule has 1 aromatic carbocycles. The molecule has 0 radical (unpaired) electrons. The van der Waals surface area contributed by atoms with E-state index < -0.39 is 12.1 Å². The van der Waals surface area contributed by atoms with Crippen LogP contribution in [-0.4, -0.2) is 75.6 Å². The third-order valence-corrected chi connectivity index (χ3v) is 6.43. The number of carbonyl (C=O) groups is 2. The monoisotopic (exact) mass is 492 g/mol. The van der Waals surface area contributed by atoms with E-state index in [4.69, 9.17) is 4.74 Å². The van der Waals surface area contributed by atoms with E-state index in [9.17, 15) is 19.1 Å². The Morgan fingerprint density at radius 2 is 1.92 bits per heavy atom. The maximum atomic E-state index is 13.6. The number of pyridine rings is 2. The van der Waals surface area contributed by atoms with Crippen molar-refractivity contribution in [3.8, 4) is 17.0 Å². The molecule has 1 N–H and O–H groups in total. The number of amides is 2. The predicted molar refractivity (Wildman–Crippen MR) is 132 cm³/mol. The first kappa shape index (κ1) is 25.2. The highest BCUT2D eigenvalue weighted by Crippen LogP contribution is 2.30. The second-order valence-electron chi connectivity index (χ2n) is 9.13. The van der Waals surface area contributed by atoms with Gasteiger partial charge in [-0.15, -0.1) is 0 Å². The number of carbonyl (C=O) groups excluding carboxylic acids is 2. The number of halogens is 1. The number of rotatable bonds is 6. The number of aliphatic hydroxyl groups is 1. The Bertz CT molecular complexity index is 1220. The van der Waals surface area contributed by atoms with Gasteiger partial charge in [0.2, 0.25) is 5.88 Å². The summed E-state index contributed by atoms with van der Waals surface area (Å²) in [4.78, 5) is 38.1. The molecule has 3 heterocycles. The van der Waals surface area contributed by atoms with Crippen molar-refractivity contribution >= 4 is 11.8 Å². The fourth-order valence-electron chi connectivity index (χ4n) is 4.19. The molecule has 0 saturated carbocycles. The fourth-order valence-corrected chi connectivity index (χ4v) is 4.19. The minimum absolute atomic E-state index is 0.155. The number of ether oxygens (including phenoxy) is 1. The van der Waals surface area contributed by atoms with Crippen LogP contribution in [0.3, 0.4) is 0 Å². The SMILES string of the molecule is C[C@@H]1CN([C@@H](C)CO)C(=O)c2cc(-c3ccc(F)cc3)cnc2O[C@H]1CN(C)C(=O)c1ccncc1. The average molecular weight is 493 g/mol. The molecular weight excluding hydrogens is 463 g/mol. The summed E-state index contributed by atoms with van der Waals surface area (Å²) in [5.74, 6) is -0.853. The molecule has 0 spiro atoms. The summed E-state index contributed by atoms with van der Waals surface area (Å²) in [7, 11) is 1.70. The summed E-state index contributed by atoms with van der Waals surface area (Å²) in [6, 6.07) is 10.5. The summed E-state index contributed by atoms with van der Waals surface area (Å²) < 4.78 is 19.7. The van der Waals surface area contributed by atoms with E-state index in [1.165, 1.54) is 12.1 Å². The van der Waals surface area contributed by atoms with Gasteiger partial charge in [-0.1, -0.05) is 19.1 Å². The number of aliphatic hydroxyl groups excluding tert-OH is 1. The van der Waals surface area contributed by atoms with E-state index in [0.29, 0.717) is 23.2 Å². The van der Waals surface area contributed by atoms with Crippen LogP contribution < -0.4 is 4.74 Å². The van der Waals surface area contributed by atoms with E-state index in [1.807, 2.05) is 6.92 Å². The van der Waals surface area contributed by atoms with Crippen molar-refractivity contribution in [2.24, 2.45) is 5.92 Å². The lowest BCUT2D eigenvalue weighted by Crippen LogP contribution is -2.50. The first-order valence-electron chi connectivity index (χ1n) is 11.8. The van der Waals surface area contributed by atoms with E-state index in [0.717, 1.165) is 0 Å². The van der Waals surface area contributed by atoms with Crippen LogP contribution in [0.2, 0.25) is 0 Å². The van der Waals surface area contributed by atoms with Gasteiger partial charge >= 0.3 is 0 Å². The first-order valence-corrected chi connectivity index (χ1v) is 11.8. The summed E-state index contributed by atoms with van der Waals surface area (Å²) in [6.45, 7) is 4.10. The molecule has 0 bridgehead atoms. The summed E-state index contributed by atoms with van der Waals surface area (Å²) in [5, 5.41) is 9.84. The Kier molecular flexibility index (Phi) is 7.59. The number of likely N-dealkylation sites (N-methyl/N-ethyl adjacent to an activating group) is 1. The molecule has 36 heavy (non-hydrogen) atoms. The van der Waals surface area contributed by atoms with Gasteiger partial charge in [0.1, 0.15) is 17.5 Å². The van der Waals surface area contributed by atoms with Gasteiger partial charge in [0.25, 0.3) is 11.8 Å². The smallest absolute Gasteiger partial charge is 0.259 e. The fraction of sp³-hybridized carbons (Fsp3) is 0.333. The van der Waals surface area contributed by atoms with Crippen molar-refractivity contribution in [1.82, 2.24) is 19.8 Å². The molecule has 3 aromatic rings. The van der Waals surface area contributed by atoms with Crippen LogP contribution >= 0.6 is 0 Å². The molecule has 9 heteroatoms. The van der Waals surface area contributed by atoms with Crippen molar-refractivity contribution in [2.45, 2.75) is 26.0 Å². The van der Waals surface area contributed by atoms with Gasteiger partial charge in [-0.3, -0.25) is 14.6 Å². The van der Waals surface area contributed by atoms with Crippen molar-refractivity contribution in [3.05, 3.63) is 78.0 Å². The van der Waals surface area contributed by atoms with Gasteiger partial charge in [-0.2, -0.15) is 0 Å². The molecule has 2 aromatic heterocycles. The molecule has 0 unspecified atom stereocenters. The molecule has 2 amide bonds. The lowest BCUT2D eigenvalue weighted by molar-refractivity contribution is 0.0313. The molecule has 0 saturated heterocycles. The Balaban J connectivity index is 1.68. The Morgan fingerprint density at radius 1 is 1.22 bits per heavy atom. The number of hydrogen-bond donors (Lipinski definition) is 1. The van der Waals surface area contributed by atoms with E-state index in [-0.39, 0.29) is 48.1 Å². The van der Waals surface area contributed by atoms with Gasteiger partial charge in [0, 0.05) is 49.2 Å². The minimum atomic E-state index is -0.467. The zero-order chi connectivity index (χ0) is 25.8. The van der Waals surface area contributed by atoms with E-state index in [1.54, 1.807) is 72.7 Å². The number of hydrogen-bond acceptors (Lipinski definition) is 6. The lowest BCUT2D eigenvalue weighted by Gasteiger charge is -2.37. The largest absolute Gasteiger partial charge is 0.472 e. The van der Waals surface area contributed by atoms with Crippen molar-refractivity contribution in [3.63, 3.8) is 0 Å². The molecular formula is C27H29FN4O4. The molecule has 188 valence electrons. The lowest BCUT2D eigenvalue weighted by atomic mass is 9.99. The van der Waals surface area contributed by atoms with Crippen molar-refractivity contribution < 1.29 is 23.8 Å². The van der Waals surface area contributed by atoms with Gasteiger partial charge in [-0.25, -0.2) is 9.37 Å². The van der Waals surface area contributed by atoms with Gasteiger partial charge in [0.15, 0.2) is 0 Å². The molecule has 3 atom stereocenters. The summed E-state index contributed by atoms with van der Waals surface area (Å²) in [6.07, 6.45) is 4.24. The average Bonchev–Trinajstić information content (AvgIpc) is 2.90. The maximum Gasteiger partial charge on any atom is 0.259 e. The van der Waals surface area contributed by atoms with Crippen LogP contribution in [-0.2, 0) is 0 Å². The Labute approximate surface area is 209 Å². The topological polar surface area (TPSA) is 95.9 Å². The molecule has 4 rings (SSSR count). The molecule has 0 aliphatic carbocycles. The van der Waals surface area contributed by atoms with Crippen LogP contribution in [0.25, 0.3) is 11.1 Å². The highest BCUT2D eigenvalue weighted by molar-refractivity contribution is 5.98. The molecule has 1 aliphatic heterocycles. The molecule has 0 fully saturated rings. The molecule has 1 aliphatic rings. The van der Waals surface area contributed by atoms with E-state index >= 15 is 0 Å². The number of aromatic nitrogens is 2. The summed E-state index contributed by atoms with van der Waals surface area (Å²) >= 11 is 0. The maximum absolute atomic E-state index is 13.6. The number of nitrogens with zero attached hydrogens (tertiary/aromatic N) is 4.